The minimum absolute atomic E-state index is 0.0000520. The van der Waals surface area contributed by atoms with E-state index in [0.29, 0.717) is 17.3 Å². The summed E-state index contributed by atoms with van der Waals surface area (Å²) in [5, 5.41) is 12.9. The largest absolute Gasteiger partial charge is 0.309 e. The Morgan fingerprint density at radius 3 is 2.77 bits per heavy atom. The van der Waals surface area contributed by atoms with Crippen molar-refractivity contribution in [2.45, 2.75) is 12.3 Å². The van der Waals surface area contributed by atoms with Crippen LogP contribution in [0.25, 0.3) is 11.3 Å². The van der Waals surface area contributed by atoms with E-state index >= 15 is 0 Å². The number of hydrogen-bond acceptors (Lipinski definition) is 3. The summed E-state index contributed by atoms with van der Waals surface area (Å²) in [5.41, 5.74) is 2.99. The molecular formula is C16H12ClN3OS. The Bertz CT molecular complexity index is 824. The molecule has 3 aromatic rings. The standard InChI is InChI=1S/C16H12ClN3OS/c17-10-5-3-9(4-6-10)15-14-11(12-2-1-7-22-12)8-13(21)18-16(14)20-19-15/h1-7,11H,8H2,(H2,18,19,20,21)/t11-/m0/s1. The van der Waals surface area contributed by atoms with Crippen molar-refractivity contribution in [1.82, 2.24) is 10.2 Å². The highest BCUT2D eigenvalue weighted by molar-refractivity contribution is 7.10. The third kappa shape index (κ3) is 2.23. The van der Waals surface area contributed by atoms with Crippen LogP contribution in [-0.2, 0) is 4.79 Å². The molecule has 0 aliphatic carbocycles. The maximum Gasteiger partial charge on any atom is 0.226 e. The Balaban J connectivity index is 1.87. The van der Waals surface area contributed by atoms with Crippen LogP contribution in [0.4, 0.5) is 5.82 Å². The van der Waals surface area contributed by atoms with Crippen LogP contribution in [0.15, 0.2) is 41.8 Å². The van der Waals surface area contributed by atoms with E-state index in [0.717, 1.165) is 16.8 Å². The fourth-order valence-electron chi connectivity index (χ4n) is 2.82. The van der Waals surface area contributed by atoms with Crippen molar-refractivity contribution in [3.05, 3.63) is 57.2 Å². The average molecular weight is 330 g/mol. The van der Waals surface area contributed by atoms with Gasteiger partial charge in [0.25, 0.3) is 0 Å². The molecule has 0 saturated heterocycles. The molecule has 1 atom stereocenters. The van der Waals surface area contributed by atoms with Crippen molar-refractivity contribution in [2.75, 3.05) is 5.32 Å². The van der Waals surface area contributed by atoms with Crippen LogP contribution in [0.5, 0.6) is 0 Å². The third-order valence-corrected chi connectivity index (χ3v) is 5.06. The van der Waals surface area contributed by atoms with E-state index < -0.39 is 0 Å². The predicted molar refractivity (Wildman–Crippen MR) is 88.4 cm³/mol. The van der Waals surface area contributed by atoms with Crippen LogP contribution in [-0.4, -0.2) is 16.1 Å². The summed E-state index contributed by atoms with van der Waals surface area (Å²) in [6.45, 7) is 0. The molecule has 0 spiro atoms. The van der Waals surface area contributed by atoms with Gasteiger partial charge in [0.05, 0.1) is 5.69 Å². The third-order valence-electron chi connectivity index (χ3n) is 3.82. The lowest BCUT2D eigenvalue weighted by Crippen LogP contribution is -2.22. The maximum absolute atomic E-state index is 11.9. The first-order valence-corrected chi connectivity index (χ1v) is 8.15. The molecule has 6 heteroatoms. The van der Waals surface area contributed by atoms with E-state index in [1.165, 1.54) is 4.88 Å². The van der Waals surface area contributed by atoms with Gasteiger partial charge in [0.1, 0.15) is 0 Å². The Morgan fingerprint density at radius 1 is 1.23 bits per heavy atom. The quantitative estimate of drug-likeness (QED) is 0.737. The molecular weight excluding hydrogens is 318 g/mol. The van der Waals surface area contributed by atoms with Gasteiger partial charge in [-0.2, -0.15) is 5.10 Å². The molecule has 4 rings (SSSR count). The van der Waals surface area contributed by atoms with Gasteiger partial charge in [-0.1, -0.05) is 29.8 Å². The normalized spacial score (nSPS) is 17.1. The molecule has 0 fully saturated rings. The van der Waals surface area contributed by atoms with Gasteiger partial charge in [0.2, 0.25) is 5.91 Å². The molecule has 0 unspecified atom stereocenters. The summed E-state index contributed by atoms with van der Waals surface area (Å²) in [4.78, 5) is 13.1. The Morgan fingerprint density at radius 2 is 2.05 bits per heavy atom. The first-order valence-electron chi connectivity index (χ1n) is 6.90. The number of carbonyl (C=O) groups excluding carboxylic acids is 1. The van der Waals surface area contributed by atoms with Crippen molar-refractivity contribution in [1.29, 1.82) is 0 Å². The molecule has 4 nitrogen and oxygen atoms in total. The van der Waals surface area contributed by atoms with Crippen LogP contribution in [0.3, 0.4) is 0 Å². The fourth-order valence-corrected chi connectivity index (χ4v) is 3.79. The molecule has 1 aliphatic heterocycles. The smallest absolute Gasteiger partial charge is 0.226 e. The maximum atomic E-state index is 11.9. The summed E-state index contributed by atoms with van der Waals surface area (Å²) >= 11 is 7.63. The van der Waals surface area contributed by atoms with Gasteiger partial charge >= 0.3 is 0 Å². The predicted octanol–water partition coefficient (Wildman–Crippen LogP) is 4.27. The summed E-state index contributed by atoms with van der Waals surface area (Å²) in [6, 6.07) is 11.7. The van der Waals surface area contributed by atoms with Crippen molar-refractivity contribution in [3.63, 3.8) is 0 Å². The molecule has 2 aromatic heterocycles. The SMILES string of the molecule is O=C1C[C@@H](c2cccs2)c2c(n[nH]c2-c2ccc(Cl)cc2)N1. The number of nitrogens with zero attached hydrogens (tertiary/aromatic N) is 1. The topological polar surface area (TPSA) is 57.8 Å². The Hall–Kier alpha value is -2.11. The summed E-state index contributed by atoms with van der Waals surface area (Å²) < 4.78 is 0. The zero-order chi connectivity index (χ0) is 15.1. The second kappa shape index (κ2) is 5.26. The Labute approximate surface area is 136 Å². The highest BCUT2D eigenvalue weighted by atomic mass is 35.5. The fraction of sp³-hybridized carbons (Fsp3) is 0.125. The van der Waals surface area contributed by atoms with Gasteiger partial charge < -0.3 is 5.32 Å². The highest BCUT2D eigenvalue weighted by Gasteiger charge is 2.32. The second-order valence-electron chi connectivity index (χ2n) is 5.19. The number of anilines is 1. The lowest BCUT2D eigenvalue weighted by Gasteiger charge is -2.22. The van der Waals surface area contributed by atoms with E-state index in [4.69, 9.17) is 11.6 Å². The van der Waals surface area contributed by atoms with Gasteiger partial charge in [0, 0.05) is 33.4 Å². The number of thiophene rings is 1. The van der Waals surface area contributed by atoms with Gasteiger partial charge in [-0.05, 0) is 23.6 Å². The zero-order valence-corrected chi connectivity index (χ0v) is 13.0. The highest BCUT2D eigenvalue weighted by Crippen LogP contribution is 2.42. The molecule has 22 heavy (non-hydrogen) atoms. The number of nitrogens with one attached hydrogen (secondary N) is 2. The van der Waals surface area contributed by atoms with Crippen molar-refractivity contribution >= 4 is 34.7 Å². The monoisotopic (exact) mass is 329 g/mol. The van der Waals surface area contributed by atoms with Crippen molar-refractivity contribution < 1.29 is 4.79 Å². The number of fused-ring (bicyclic) bond motifs is 1. The molecule has 0 radical (unpaired) electrons. The Kier molecular flexibility index (Phi) is 3.24. The number of hydrogen-bond donors (Lipinski definition) is 2. The molecule has 0 saturated carbocycles. The molecule has 110 valence electrons. The van der Waals surface area contributed by atoms with E-state index in [1.807, 2.05) is 35.7 Å². The minimum atomic E-state index is 0.0000520. The van der Waals surface area contributed by atoms with Crippen LogP contribution in [0.2, 0.25) is 5.02 Å². The molecule has 3 heterocycles. The first-order chi connectivity index (χ1) is 10.7. The molecule has 2 N–H and O–H groups in total. The van der Waals surface area contributed by atoms with Gasteiger partial charge in [-0.3, -0.25) is 9.89 Å². The molecule has 1 amide bonds. The summed E-state index contributed by atoms with van der Waals surface area (Å²) in [6.07, 6.45) is 0.438. The number of amides is 1. The number of benzene rings is 1. The number of rotatable bonds is 2. The molecule has 1 aromatic carbocycles. The van der Waals surface area contributed by atoms with Gasteiger partial charge in [0.15, 0.2) is 5.82 Å². The van der Waals surface area contributed by atoms with Gasteiger partial charge in [-0.25, -0.2) is 0 Å². The first kappa shape index (κ1) is 13.5. The number of carbonyl (C=O) groups is 1. The molecule has 0 bridgehead atoms. The lowest BCUT2D eigenvalue weighted by atomic mass is 9.89. The summed E-state index contributed by atoms with van der Waals surface area (Å²) in [7, 11) is 0. The van der Waals surface area contributed by atoms with E-state index in [2.05, 4.69) is 21.6 Å². The van der Waals surface area contributed by atoms with Crippen LogP contribution in [0, 0.1) is 0 Å². The number of H-pyrrole nitrogens is 1. The minimum Gasteiger partial charge on any atom is -0.309 e. The van der Waals surface area contributed by atoms with Crippen molar-refractivity contribution in [3.8, 4) is 11.3 Å². The number of halogens is 1. The van der Waals surface area contributed by atoms with E-state index in [1.54, 1.807) is 11.3 Å². The van der Waals surface area contributed by atoms with Crippen molar-refractivity contribution in [2.24, 2.45) is 0 Å². The van der Waals surface area contributed by atoms with E-state index in [9.17, 15) is 4.79 Å². The van der Waals surface area contributed by atoms with Gasteiger partial charge in [-0.15, -0.1) is 11.3 Å². The summed E-state index contributed by atoms with van der Waals surface area (Å²) in [5.74, 6) is 0.660. The number of aromatic nitrogens is 2. The van der Waals surface area contributed by atoms with E-state index in [-0.39, 0.29) is 11.8 Å². The zero-order valence-electron chi connectivity index (χ0n) is 11.5. The second-order valence-corrected chi connectivity index (χ2v) is 6.60. The van der Waals surface area contributed by atoms with Crippen LogP contribution < -0.4 is 5.32 Å². The lowest BCUT2D eigenvalue weighted by molar-refractivity contribution is -0.116. The average Bonchev–Trinajstić information content (AvgIpc) is 3.16. The number of aromatic amines is 1. The van der Waals surface area contributed by atoms with Crippen LogP contribution >= 0.6 is 22.9 Å². The molecule has 1 aliphatic rings. The van der Waals surface area contributed by atoms with Crippen LogP contribution in [0.1, 0.15) is 22.8 Å².